The maximum Gasteiger partial charge on any atom is 0.162 e. The van der Waals surface area contributed by atoms with Crippen molar-refractivity contribution in [3.05, 3.63) is 66.2 Å². The lowest BCUT2D eigenvalue weighted by Gasteiger charge is -2.27. The maximum absolute atomic E-state index is 5.84. The minimum Gasteiger partial charge on any atom is -0.276 e. The van der Waals surface area contributed by atoms with Crippen LogP contribution in [0.1, 0.15) is 12.5 Å². The highest BCUT2D eigenvalue weighted by Gasteiger charge is 2.31. The van der Waals surface area contributed by atoms with Crippen LogP contribution in [-0.4, -0.2) is 12.0 Å². The van der Waals surface area contributed by atoms with E-state index in [2.05, 4.69) is 41.4 Å². The number of nitrogens with zero attached hydrogens (tertiary/aromatic N) is 2. The van der Waals surface area contributed by atoms with Crippen LogP contribution >= 0.6 is 6.34 Å². The molecule has 0 amide bonds. The number of amidine groups is 1. The van der Waals surface area contributed by atoms with Gasteiger partial charge in [0.05, 0.1) is 5.69 Å². The van der Waals surface area contributed by atoms with Gasteiger partial charge in [-0.05, 0) is 23.9 Å². The average molecular weight is 301 g/mol. The van der Waals surface area contributed by atoms with Gasteiger partial charge >= 0.3 is 0 Å². The number of anilines is 1. The van der Waals surface area contributed by atoms with Crippen molar-refractivity contribution in [3.8, 4) is 0 Å². The van der Waals surface area contributed by atoms with Crippen molar-refractivity contribution >= 4 is 29.7 Å². The molecule has 0 saturated heterocycles. The van der Waals surface area contributed by atoms with E-state index in [0.717, 1.165) is 23.2 Å². The fourth-order valence-electron chi connectivity index (χ4n) is 2.15. The number of hydrogen-bond donors (Lipinski definition) is 1. The monoisotopic (exact) mass is 301 g/mol. The standard InChI is InChI=1S/C15H16N3PS/c1-2-19(20)17-15(13-9-5-3-6-10-13)16-18(19)14-11-7-4-8-12-14/h3-12H,2H2,1H3,(H,16,17,20). The van der Waals surface area contributed by atoms with Crippen molar-refractivity contribution in [1.82, 2.24) is 5.43 Å². The third-order valence-corrected chi connectivity index (χ3v) is 7.04. The molecule has 0 aromatic heterocycles. The Bertz CT molecular complexity index is 670. The first kappa shape index (κ1) is 13.3. The van der Waals surface area contributed by atoms with Crippen LogP contribution in [0.2, 0.25) is 0 Å². The smallest absolute Gasteiger partial charge is 0.162 e. The highest BCUT2D eigenvalue weighted by atomic mass is 32.4. The van der Waals surface area contributed by atoms with Crippen LogP contribution in [0.4, 0.5) is 5.69 Å². The van der Waals surface area contributed by atoms with Crippen molar-refractivity contribution in [3.63, 3.8) is 0 Å². The molecule has 1 unspecified atom stereocenters. The molecule has 3 nitrogen and oxygen atoms in total. The van der Waals surface area contributed by atoms with E-state index in [4.69, 9.17) is 16.6 Å². The molecule has 1 aliphatic rings. The fraction of sp³-hybridized carbons (Fsp3) is 0.133. The van der Waals surface area contributed by atoms with Crippen molar-refractivity contribution in [1.29, 1.82) is 0 Å². The highest BCUT2D eigenvalue weighted by molar-refractivity contribution is 8.14. The van der Waals surface area contributed by atoms with Crippen molar-refractivity contribution in [2.75, 3.05) is 10.9 Å². The second-order valence-electron chi connectivity index (χ2n) is 4.55. The highest BCUT2D eigenvalue weighted by Crippen LogP contribution is 2.55. The van der Waals surface area contributed by atoms with E-state index in [1.54, 1.807) is 0 Å². The SMILES string of the molecule is CCP1(=S)N=C(c2ccccc2)NN1c1ccccc1. The second kappa shape index (κ2) is 5.39. The summed E-state index contributed by atoms with van der Waals surface area (Å²) in [6.45, 7) is 2.11. The van der Waals surface area contributed by atoms with E-state index in [0.29, 0.717) is 0 Å². The Labute approximate surface area is 124 Å². The number of para-hydroxylation sites is 1. The molecular weight excluding hydrogens is 285 g/mol. The summed E-state index contributed by atoms with van der Waals surface area (Å²) < 4.78 is 6.90. The quantitative estimate of drug-likeness (QED) is 0.874. The molecule has 1 N–H and O–H groups in total. The van der Waals surface area contributed by atoms with E-state index in [-0.39, 0.29) is 0 Å². The Morgan fingerprint density at radius 3 is 2.25 bits per heavy atom. The predicted octanol–water partition coefficient (Wildman–Crippen LogP) is 3.79. The average Bonchev–Trinajstić information content (AvgIpc) is 2.88. The van der Waals surface area contributed by atoms with Crippen molar-refractivity contribution in [2.45, 2.75) is 6.92 Å². The van der Waals surface area contributed by atoms with Gasteiger partial charge in [-0.3, -0.25) is 5.43 Å². The zero-order valence-corrected chi connectivity index (χ0v) is 12.9. The van der Waals surface area contributed by atoms with Gasteiger partial charge in [-0.25, -0.2) is 9.54 Å². The molecule has 0 spiro atoms. The van der Waals surface area contributed by atoms with E-state index >= 15 is 0 Å². The third kappa shape index (κ3) is 2.37. The molecule has 0 bridgehead atoms. The lowest BCUT2D eigenvalue weighted by Crippen LogP contribution is -2.34. The number of hydrogen-bond acceptors (Lipinski definition) is 2. The van der Waals surface area contributed by atoms with Crippen LogP contribution in [0, 0.1) is 0 Å². The van der Waals surface area contributed by atoms with Crippen molar-refractivity contribution in [2.24, 2.45) is 4.76 Å². The third-order valence-electron chi connectivity index (χ3n) is 3.24. The first-order valence-electron chi connectivity index (χ1n) is 6.60. The number of benzene rings is 2. The Kier molecular flexibility index (Phi) is 3.60. The topological polar surface area (TPSA) is 27.6 Å². The van der Waals surface area contributed by atoms with Gasteiger partial charge in [0.2, 0.25) is 0 Å². The molecule has 102 valence electrons. The minimum atomic E-state index is -1.96. The van der Waals surface area contributed by atoms with Gasteiger partial charge in [-0.15, -0.1) is 0 Å². The number of hydrazine groups is 1. The first-order chi connectivity index (χ1) is 9.73. The molecule has 20 heavy (non-hydrogen) atoms. The summed E-state index contributed by atoms with van der Waals surface area (Å²) in [4.78, 5) is 0. The van der Waals surface area contributed by atoms with Crippen LogP contribution in [0.5, 0.6) is 0 Å². The normalized spacial score (nSPS) is 21.4. The maximum atomic E-state index is 5.84. The van der Waals surface area contributed by atoms with Gasteiger partial charge in [-0.2, -0.15) is 0 Å². The van der Waals surface area contributed by atoms with Crippen molar-refractivity contribution < 1.29 is 0 Å². The zero-order chi connectivity index (χ0) is 14.0. The molecule has 1 heterocycles. The minimum absolute atomic E-state index is 0.862. The molecule has 0 aliphatic carbocycles. The molecule has 0 radical (unpaired) electrons. The van der Waals surface area contributed by atoms with Gasteiger partial charge in [0.15, 0.2) is 12.2 Å². The van der Waals surface area contributed by atoms with Gasteiger partial charge in [0.25, 0.3) is 0 Å². The van der Waals surface area contributed by atoms with E-state index in [1.165, 1.54) is 0 Å². The Hall–Kier alpha value is -1.64. The van der Waals surface area contributed by atoms with Gasteiger partial charge in [0.1, 0.15) is 0 Å². The van der Waals surface area contributed by atoms with E-state index in [1.807, 2.05) is 36.4 Å². The summed E-state index contributed by atoms with van der Waals surface area (Å²) >= 11 is 5.84. The fourth-order valence-corrected chi connectivity index (χ4v) is 4.53. The molecule has 2 aromatic rings. The Morgan fingerprint density at radius 2 is 1.65 bits per heavy atom. The molecule has 1 atom stereocenters. The van der Waals surface area contributed by atoms with Gasteiger partial charge < -0.3 is 0 Å². The van der Waals surface area contributed by atoms with Gasteiger partial charge in [-0.1, -0.05) is 55.5 Å². The summed E-state index contributed by atoms with van der Waals surface area (Å²) in [5, 5.41) is 0. The van der Waals surface area contributed by atoms with E-state index in [9.17, 15) is 0 Å². The second-order valence-corrected chi connectivity index (χ2v) is 8.87. The molecule has 0 fully saturated rings. The molecular formula is C15H16N3PS. The Morgan fingerprint density at radius 1 is 1.05 bits per heavy atom. The molecule has 3 rings (SSSR count). The van der Waals surface area contributed by atoms with Crippen LogP contribution in [0.25, 0.3) is 0 Å². The Balaban J connectivity index is 1.99. The zero-order valence-electron chi connectivity index (χ0n) is 11.2. The van der Waals surface area contributed by atoms with Crippen LogP contribution in [-0.2, 0) is 11.8 Å². The largest absolute Gasteiger partial charge is 0.276 e. The summed E-state index contributed by atoms with van der Waals surface area (Å²) in [5.74, 6) is 0.875. The molecule has 5 heteroatoms. The number of rotatable bonds is 3. The molecule has 0 saturated carbocycles. The summed E-state index contributed by atoms with van der Waals surface area (Å²) in [5.41, 5.74) is 5.55. The molecule has 1 aliphatic heterocycles. The van der Waals surface area contributed by atoms with Crippen LogP contribution in [0.3, 0.4) is 0 Å². The first-order valence-corrected chi connectivity index (χ1v) is 9.49. The van der Waals surface area contributed by atoms with Crippen LogP contribution in [0.15, 0.2) is 65.4 Å². The van der Waals surface area contributed by atoms with Gasteiger partial charge in [0, 0.05) is 11.7 Å². The van der Waals surface area contributed by atoms with E-state index < -0.39 is 6.34 Å². The summed E-state index contributed by atoms with van der Waals surface area (Å²) in [7, 11) is 0. The summed E-state index contributed by atoms with van der Waals surface area (Å²) in [6, 6.07) is 20.3. The summed E-state index contributed by atoms with van der Waals surface area (Å²) in [6.07, 6.45) is -1.10. The van der Waals surface area contributed by atoms with Crippen LogP contribution < -0.4 is 10.2 Å². The predicted molar refractivity (Wildman–Crippen MR) is 89.9 cm³/mol. The number of nitrogens with one attached hydrogen (secondary N) is 1. The lowest BCUT2D eigenvalue weighted by molar-refractivity contribution is 1.02. The molecule has 2 aromatic carbocycles. The lowest BCUT2D eigenvalue weighted by atomic mass is 10.2.